The molecule has 1 heterocycles. The Hall–Kier alpha value is -2.39. The van der Waals surface area contributed by atoms with Crippen molar-refractivity contribution in [3.63, 3.8) is 0 Å². The number of hydrogen-bond acceptors (Lipinski definition) is 11. The summed E-state index contributed by atoms with van der Waals surface area (Å²) >= 11 is 0. The molecular weight excluding hydrogens is 765 g/mol. The lowest BCUT2D eigenvalue weighted by Gasteiger charge is -2.40. The molecule has 0 aromatic carbocycles. The van der Waals surface area contributed by atoms with E-state index in [-0.39, 0.29) is 19.4 Å². The molecule has 1 aliphatic rings. The minimum atomic E-state index is -4.60. The van der Waals surface area contributed by atoms with Crippen LogP contribution in [0.5, 0.6) is 0 Å². The summed E-state index contributed by atoms with van der Waals surface area (Å²) in [6.45, 7) is 3.59. The summed E-state index contributed by atoms with van der Waals surface area (Å²) in [4.78, 5) is 25.4. The number of aliphatic hydroxyl groups excluding tert-OH is 3. The lowest BCUT2D eigenvalue weighted by molar-refractivity contribution is -0.297. The zero-order chi connectivity index (χ0) is 42.7. The zero-order valence-corrected chi connectivity index (χ0v) is 36.5. The number of aliphatic hydroxyl groups is 3. The molecule has 1 fully saturated rings. The van der Waals surface area contributed by atoms with E-state index in [4.69, 9.17) is 18.9 Å². The van der Waals surface area contributed by atoms with Crippen LogP contribution in [0.3, 0.4) is 0 Å². The van der Waals surface area contributed by atoms with E-state index in [1.807, 2.05) is 0 Å². The number of hydrogen-bond donors (Lipinski definition) is 4. The van der Waals surface area contributed by atoms with Crippen LogP contribution in [0.2, 0.25) is 0 Å². The molecule has 0 saturated carbocycles. The third-order valence-corrected chi connectivity index (χ3v) is 10.6. The number of esters is 2. The predicted octanol–water partition coefficient (Wildman–Crippen LogP) is 8.78. The first-order chi connectivity index (χ1) is 28.0. The van der Waals surface area contributed by atoms with Crippen molar-refractivity contribution in [1.82, 2.24) is 0 Å². The highest BCUT2D eigenvalue weighted by molar-refractivity contribution is 7.85. The Morgan fingerprint density at radius 3 is 1.64 bits per heavy atom. The van der Waals surface area contributed by atoms with E-state index in [2.05, 4.69) is 62.5 Å². The Kier molecular flexibility index (Phi) is 32.7. The summed E-state index contributed by atoms with van der Waals surface area (Å²) in [5.74, 6) is -2.01. The molecule has 13 heteroatoms. The Bertz CT molecular complexity index is 1260. The van der Waals surface area contributed by atoms with Crippen LogP contribution in [0.1, 0.15) is 168 Å². The van der Waals surface area contributed by atoms with Crippen LogP contribution < -0.4 is 0 Å². The Morgan fingerprint density at radius 1 is 0.603 bits per heavy atom. The van der Waals surface area contributed by atoms with Crippen LogP contribution in [0, 0.1) is 0 Å². The number of rotatable bonds is 36. The highest BCUT2D eigenvalue weighted by Gasteiger charge is 2.46. The Morgan fingerprint density at radius 2 is 1.09 bits per heavy atom. The molecule has 0 aromatic rings. The van der Waals surface area contributed by atoms with Crippen molar-refractivity contribution in [2.75, 3.05) is 19.0 Å². The first kappa shape index (κ1) is 53.6. The average Bonchev–Trinajstić information content (AvgIpc) is 3.18. The third-order valence-electron chi connectivity index (χ3n) is 9.89. The molecule has 0 aliphatic carbocycles. The van der Waals surface area contributed by atoms with Crippen molar-refractivity contribution < 1.29 is 56.8 Å². The molecule has 1 saturated heterocycles. The van der Waals surface area contributed by atoms with E-state index in [0.717, 1.165) is 77.0 Å². The average molecular weight is 843 g/mol. The molecule has 336 valence electrons. The molecule has 12 nitrogen and oxygen atoms in total. The van der Waals surface area contributed by atoms with Gasteiger partial charge in [0.25, 0.3) is 10.1 Å². The van der Waals surface area contributed by atoms with Crippen LogP contribution in [-0.4, -0.2) is 96.0 Å². The van der Waals surface area contributed by atoms with Crippen LogP contribution in [0.15, 0.2) is 48.6 Å². The van der Waals surface area contributed by atoms with Gasteiger partial charge in [0.15, 0.2) is 12.4 Å². The van der Waals surface area contributed by atoms with Gasteiger partial charge in [-0.15, -0.1) is 0 Å². The summed E-state index contributed by atoms with van der Waals surface area (Å²) in [6.07, 6.45) is 31.5. The summed E-state index contributed by atoms with van der Waals surface area (Å²) in [7, 11) is -4.60. The van der Waals surface area contributed by atoms with Crippen molar-refractivity contribution in [1.29, 1.82) is 0 Å². The largest absolute Gasteiger partial charge is 0.462 e. The lowest BCUT2D eigenvalue weighted by Crippen LogP contribution is -2.60. The molecule has 0 spiro atoms. The normalized spacial score (nSPS) is 20.8. The van der Waals surface area contributed by atoms with Gasteiger partial charge in [0.1, 0.15) is 36.8 Å². The number of carbonyl (C=O) groups is 2. The molecule has 58 heavy (non-hydrogen) atoms. The summed E-state index contributed by atoms with van der Waals surface area (Å²) in [5, 5.41) is 30.9. The number of carbonyl (C=O) groups excluding carboxylic acids is 2. The molecule has 1 aliphatic heterocycles. The van der Waals surface area contributed by atoms with E-state index >= 15 is 0 Å². The van der Waals surface area contributed by atoms with E-state index in [1.54, 1.807) is 0 Å². The minimum absolute atomic E-state index is 0.157. The SMILES string of the molecule is CC/C=C/C/C=C/C/C=C/CCCCCCCC(=O)OC[C@H](CO[C@H]1O[C@H](CS(=O)(=O)O)[C@@H](O)C(O)C1O)OC(=O)CCCCCCCCCCC/C=C/CCCC. The minimum Gasteiger partial charge on any atom is -0.462 e. The van der Waals surface area contributed by atoms with E-state index in [0.29, 0.717) is 12.8 Å². The van der Waals surface area contributed by atoms with Crippen LogP contribution in [0.4, 0.5) is 0 Å². The van der Waals surface area contributed by atoms with Gasteiger partial charge in [0, 0.05) is 12.8 Å². The molecule has 6 atom stereocenters. The number of allylic oxidation sites excluding steroid dienone is 8. The van der Waals surface area contributed by atoms with Gasteiger partial charge < -0.3 is 34.3 Å². The standard InChI is InChI=1S/C45H78O12S/c1-3-5-7-9-11-13-15-17-19-21-23-25-27-29-31-33-40(46)54-35-38(36-55-45-44(50)43(49)42(48)39(57-45)37-58(51,52)53)56-41(47)34-32-30-28-26-24-22-20-18-16-14-12-10-8-6-4-2/h5,7,10-13,17,19,38-39,42-45,48-50H,3-4,6,8-9,14-16,18,20-37H2,1-2H3,(H,51,52,53)/b7-5+,12-10+,13-11+,19-17+/t38-,39-,42-,43?,44?,45+/m1/s1. The van der Waals surface area contributed by atoms with Gasteiger partial charge in [-0.05, 0) is 64.2 Å². The number of ether oxygens (including phenoxy) is 4. The summed E-state index contributed by atoms with van der Waals surface area (Å²) in [5.41, 5.74) is 0. The van der Waals surface area contributed by atoms with E-state index < -0.39 is 71.2 Å². The van der Waals surface area contributed by atoms with Crippen LogP contribution >= 0.6 is 0 Å². The maximum absolute atomic E-state index is 12.8. The molecular formula is C45H78O12S. The van der Waals surface area contributed by atoms with E-state index in [1.165, 1.54) is 51.4 Å². The zero-order valence-electron chi connectivity index (χ0n) is 35.6. The molecule has 0 aromatic heterocycles. The van der Waals surface area contributed by atoms with Crippen LogP contribution in [-0.2, 0) is 38.7 Å². The molecule has 4 N–H and O–H groups in total. The van der Waals surface area contributed by atoms with Gasteiger partial charge in [-0.1, -0.05) is 140 Å². The van der Waals surface area contributed by atoms with Gasteiger partial charge in [-0.2, -0.15) is 8.42 Å². The molecule has 1 rings (SSSR count). The molecule has 0 radical (unpaired) electrons. The van der Waals surface area contributed by atoms with Gasteiger partial charge in [-0.25, -0.2) is 0 Å². The first-order valence-corrected chi connectivity index (χ1v) is 23.8. The molecule has 2 unspecified atom stereocenters. The Labute approximate surface area is 350 Å². The maximum Gasteiger partial charge on any atom is 0.306 e. The van der Waals surface area contributed by atoms with Gasteiger partial charge in [0.05, 0.1) is 6.61 Å². The van der Waals surface area contributed by atoms with Crippen LogP contribution in [0.25, 0.3) is 0 Å². The second-order valence-corrected chi connectivity index (χ2v) is 16.8. The molecule has 0 bridgehead atoms. The van der Waals surface area contributed by atoms with Gasteiger partial charge in [0.2, 0.25) is 0 Å². The highest BCUT2D eigenvalue weighted by atomic mass is 32.2. The Balaban J connectivity index is 2.47. The van der Waals surface area contributed by atoms with Crippen molar-refractivity contribution in [3.8, 4) is 0 Å². The highest BCUT2D eigenvalue weighted by Crippen LogP contribution is 2.24. The van der Waals surface area contributed by atoms with Crippen molar-refractivity contribution in [2.24, 2.45) is 0 Å². The fourth-order valence-electron chi connectivity index (χ4n) is 6.44. The van der Waals surface area contributed by atoms with Gasteiger partial charge >= 0.3 is 11.9 Å². The summed E-state index contributed by atoms with van der Waals surface area (Å²) in [6, 6.07) is 0. The second kappa shape index (κ2) is 35.4. The topological polar surface area (TPSA) is 186 Å². The predicted molar refractivity (Wildman–Crippen MR) is 229 cm³/mol. The lowest BCUT2D eigenvalue weighted by atomic mass is 10.00. The maximum atomic E-state index is 12.8. The quantitative estimate of drug-likeness (QED) is 0.0204. The van der Waals surface area contributed by atoms with Crippen molar-refractivity contribution >= 4 is 22.1 Å². The fraction of sp³-hybridized carbons (Fsp3) is 0.778. The fourth-order valence-corrected chi connectivity index (χ4v) is 7.13. The van der Waals surface area contributed by atoms with Crippen molar-refractivity contribution in [2.45, 2.75) is 205 Å². The van der Waals surface area contributed by atoms with E-state index in [9.17, 15) is 37.9 Å². The summed E-state index contributed by atoms with van der Waals surface area (Å²) < 4.78 is 54.0. The second-order valence-electron chi connectivity index (χ2n) is 15.3. The smallest absolute Gasteiger partial charge is 0.306 e. The van der Waals surface area contributed by atoms with Crippen molar-refractivity contribution in [3.05, 3.63) is 48.6 Å². The first-order valence-electron chi connectivity index (χ1n) is 22.2. The molecule has 0 amide bonds. The third kappa shape index (κ3) is 29.8. The van der Waals surface area contributed by atoms with Gasteiger partial charge in [-0.3, -0.25) is 14.1 Å². The number of unbranched alkanes of at least 4 members (excludes halogenated alkanes) is 16. The monoisotopic (exact) mass is 843 g/mol.